The van der Waals surface area contributed by atoms with Crippen LogP contribution in [-0.2, 0) is 14.3 Å². The first-order valence-corrected chi connectivity index (χ1v) is 10.4. The Hall–Kier alpha value is -3.23. The Labute approximate surface area is 187 Å². The van der Waals surface area contributed by atoms with Gasteiger partial charge in [-0.1, -0.05) is 17.7 Å². The van der Waals surface area contributed by atoms with Crippen molar-refractivity contribution in [1.82, 2.24) is 0 Å². The van der Waals surface area contributed by atoms with Crippen LogP contribution < -0.4 is 10.2 Å². The Morgan fingerprint density at radius 1 is 1.16 bits per heavy atom. The fraction of sp³-hybridized carbons (Fsp3) is 0.304. The first-order valence-electron chi connectivity index (χ1n) is 9.98. The van der Waals surface area contributed by atoms with Crippen molar-refractivity contribution in [3.63, 3.8) is 0 Å². The molecule has 0 radical (unpaired) electrons. The number of hydrogen-bond donors (Lipinski definition) is 2. The van der Waals surface area contributed by atoms with E-state index in [1.54, 1.807) is 18.2 Å². The van der Waals surface area contributed by atoms with E-state index in [2.05, 4.69) is 0 Å². The maximum Gasteiger partial charge on any atom is 0.308 e. The van der Waals surface area contributed by atoms with Crippen molar-refractivity contribution in [2.45, 2.75) is 18.9 Å². The van der Waals surface area contributed by atoms with Crippen molar-refractivity contribution in [3.8, 4) is 28.6 Å². The molecule has 1 aliphatic rings. The normalized spacial score (nSPS) is 17.7. The zero-order valence-electron chi connectivity index (χ0n) is 17.2. The highest BCUT2D eigenvalue weighted by molar-refractivity contribution is 6.34. The summed E-state index contributed by atoms with van der Waals surface area (Å²) in [5.74, 6) is -0.822. The van der Waals surface area contributed by atoms with Gasteiger partial charge in [0.1, 0.15) is 18.1 Å². The quantitative estimate of drug-likeness (QED) is 0.310. The van der Waals surface area contributed by atoms with Crippen LogP contribution >= 0.6 is 11.6 Å². The van der Waals surface area contributed by atoms with Gasteiger partial charge >= 0.3 is 5.97 Å². The second-order valence-corrected chi connectivity index (χ2v) is 7.87. The predicted octanol–water partition coefficient (Wildman–Crippen LogP) is 3.87. The average molecular weight is 461 g/mol. The van der Waals surface area contributed by atoms with Gasteiger partial charge in [-0.25, -0.2) is 0 Å². The molecule has 32 heavy (non-hydrogen) atoms. The van der Waals surface area contributed by atoms with Crippen LogP contribution in [0.1, 0.15) is 12.8 Å². The number of benzene rings is 2. The number of carbonyl (C=O) groups is 1. The van der Waals surface area contributed by atoms with Crippen molar-refractivity contribution in [2.75, 3.05) is 20.3 Å². The Morgan fingerprint density at radius 2 is 1.91 bits per heavy atom. The summed E-state index contributed by atoms with van der Waals surface area (Å²) >= 11 is 6.18. The molecule has 1 fully saturated rings. The van der Waals surface area contributed by atoms with Crippen LogP contribution in [0.2, 0.25) is 5.02 Å². The van der Waals surface area contributed by atoms with E-state index in [1.807, 2.05) is 0 Å². The molecule has 1 aliphatic carbocycles. The lowest BCUT2D eigenvalue weighted by Gasteiger charge is -2.32. The Kier molecular flexibility index (Phi) is 6.25. The molecule has 2 aromatic carbocycles. The minimum Gasteiger partial charge on any atom is -0.504 e. The van der Waals surface area contributed by atoms with Gasteiger partial charge in [0, 0.05) is 12.1 Å². The number of phenols is 2. The molecule has 0 saturated heterocycles. The van der Waals surface area contributed by atoms with Gasteiger partial charge in [0.2, 0.25) is 0 Å². The van der Waals surface area contributed by atoms with Crippen LogP contribution in [0.15, 0.2) is 45.6 Å². The second kappa shape index (κ2) is 9.10. The number of phenolic OH excluding ortho intramolecular Hbond substituents is 2. The van der Waals surface area contributed by atoms with Crippen LogP contribution in [0.4, 0.5) is 0 Å². The topological polar surface area (TPSA) is 115 Å². The van der Waals surface area contributed by atoms with Crippen molar-refractivity contribution in [2.24, 2.45) is 5.92 Å². The summed E-state index contributed by atoms with van der Waals surface area (Å²) in [6.45, 7) is 0.377. The smallest absolute Gasteiger partial charge is 0.308 e. The highest BCUT2D eigenvalue weighted by Gasteiger charge is 2.35. The van der Waals surface area contributed by atoms with Crippen LogP contribution in [0, 0.1) is 5.92 Å². The zero-order chi connectivity index (χ0) is 22.8. The molecular formula is C23H21ClO8. The number of para-hydroxylation sites is 1. The molecule has 1 heterocycles. The van der Waals surface area contributed by atoms with Crippen LogP contribution in [0.3, 0.4) is 0 Å². The van der Waals surface area contributed by atoms with Gasteiger partial charge in [0.15, 0.2) is 22.5 Å². The molecule has 3 aromatic rings. The van der Waals surface area contributed by atoms with E-state index in [0.717, 1.165) is 0 Å². The summed E-state index contributed by atoms with van der Waals surface area (Å²) in [5, 5.41) is 20.5. The zero-order valence-corrected chi connectivity index (χ0v) is 17.9. The van der Waals surface area contributed by atoms with Gasteiger partial charge < -0.3 is 28.8 Å². The van der Waals surface area contributed by atoms with Crippen molar-refractivity contribution in [1.29, 1.82) is 0 Å². The number of hydrogen-bond acceptors (Lipinski definition) is 8. The lowest BCUT2D eigenvalue weighted by molar-refractivity contribution is -0.155. The Bertz CT molecular complexity index is 1210. The van der Waals surface area contributed by atoms with Gasteiger partial charge in [0.05, 0.1) is 41.7 Å². The standard InChI is InChI=1S/C23H21ClO8/c1-29-23(28)12-7-13(8-12)30-5-6-31-20-11-19(27)18(26)9-15(20)21-10-17(25)14-3-2-4-16(24)22(14)32-21/h2-4,9-13,26-27H,5-8H2,1H3. The highest BCUT2D eigenvalue weighted by atomic mass is 35.5. The third-order valence-electron chi connectivity index (χ3n) is 5.37. The SMILES string of the molecule is COC(=O)C1CC(OCCOc2cc(O)c(O)cc2-c2cc(=O)c3cccc(Cl)c3o2)C1. The Morgan fingerprint density at radius 3 is 2.66 bits per heavy atom. The van der Waals surface area contributed by atoms with Gasteiger partial charge in [-0.3, -0.25) is 9.59 Å². The summed E-state index contributed by atoms with van der Waals surface area (Å²) in [6.07, 6.45) is 1.15. The lowest BCUT2D eigenvalue weighted by Crippen LogP contribution is -2.37. The second-order valence-electron chi connectivity index (χ2n) is 7.46. The molecule has 0 unspecified atom stereocenters. The first kappa shape index (κ1) is 22.0. The number of fused-ring (bicyclic) bond motifs is 1. The first-order chi connectivity index (χ1) is 15.4. The van der Waals surface area contributed by atoms with Crippen LogP contribution in [0.25, 0.3) is 22.3 Å². The van der Waals surface area contributed by atoms with E-state index in [1.165, 1.54) is 25.3 Å². The monoisotopic (exact) mass is 460 g/mol. The molecule has 0 atom stereocenters. The van der Waals surface area contributed by atoms with Crippen LogP contribution in [-0.4, -0.2) is 42.6 Å². The molecule has 1 aromatic heterocycles. The number of halogens is 1. The molecule has 0 aliphatic heterocycles. The van der Waals surface area contributed by atoms with E-state index in [4.69, 9.17) is 30.2 Å². The maximum atomic E-state index is 12.5. The summed E-state index contributed by atoms with van der Waals surface area (Å²) in [4.78, 5) is 24.0. The maximum absolute atomic E-state index is 12.5. The fourth-order valence-electron chi connectivity index (χ4n) is 3.57. The largest absolute Gasteiger partial charge is 0.504 e. The van der Waals surface area contributed by atoms with Crippen molar-refractivity contribution >= 4 is 28.5 Å². The molecule has 8 nitrogen and oxygen atoms in total. The number of aromatic hydroxyl groups is 2. The number of methoxy groups -OCH3 is 1. The van der Waals surface area contributed by atoms with Gasteiger partial charge in [-0.2, -0.15) is 0 Å². The minimum atomic E-state index is -0.395. The summed E-state index contributed by atoms with van der Waals surface area (Å²) in [6, 6.07) is 8.61. The number of ether oxygens (including phenoxy) is 3. The van der Waals surface area contributed by atoms with Crippen molar-refractivity contribution < 1.29 is 33.6 Å². The molecule has 0 bridgehead atoms. The van der Waals surface area contributed by atoms with Crippen molar-refractivity contribution in [3.05, 3.63) is 51.6 Å². The molecule has 2 N–H and O–H groups in total. The highest BCUT2D eigenvalue weighted by Crippen LogP contribution is 2.40. The summed E-state index contributed by atoms with van der Waals surface area (Å²) in [7, 11) is 1.36. The van der Waals surface area contributed by atoms with E-state index in [-0.39, 0.29) is 70.1 Å². The van der Waals surface area contributed by atoms with E-state index < -0.39 is 5.75 Å². The molecule has 1 saturated carbocycles. The van der Waals surface area contributed by atoms with E-state index in [0.29, 0.717) is 18.2 Å². The average Bonchev–Trinajstić information content (AvgIpc) is 2.74. The molecule has 9 heteroatoms. The third kappa shape index (κ3) is 4.37. The molecule has 0 spiro atoms. The summed E-state index contributed by atoms with van der Waals surface area (Å²) in [5.41, 5.74) is 0.174. The molecule has 0 amide bonds. The predicted molar refractivity (Wildman–Crippen MR) is 116 cm³/mol. The lowest BCUT2D eigenvalue weighted by atomic mass is 9.82. The third-order valence-corrected chi connectivity index (χ3v) is 5.67. The molecular weight excluding hydrogens is 440 g/mol. The molecule has 168 valence electrons. The van der Waals surface area contributed by atoms with E-state index >= 15 is 0 Å². The Balaban J connectivity index is 1.50. The summed E-state index contributed by atoms with van der Waals surface area (Å²) < 4.78 is 22.0. The number of esters is 1. The van der Waals surface area contributed by atoms with E-state index in [9.17, 15) is 19.8 Å². The van der Waals surface area contributed by atoms with Gasteiger partial charge in [-0.05, 0) is 31.0 Å². The fourth-order valence-corrected chi connectivity index (χ4v) is 3.79. The van der Waals surface area contributed by atoms with Gasteiger partial charge in [0.25, 0.3) is 0 Å². The van der Waals surface area contributed by atoms with Gasteiger partial charge in [-0.15, -0.1) is 0 Å². The molecule has 4 rings (SSSR count). The minimum absolute atomic E-state index is 0.0453. The number of rotatable bonds is 7. The van der Waals surface area contributed by atoms with Crippen LogP contribution in [0.5, 0.6) is 17.2 Å². The number of carbonyl (C=O) groups excluding carboxylic acids is 1.